The van der Waals surface area contributed by atoms with Gasteiger partial charge in [0.05, 0.1) is 5.92 Å². The maximum absolute atomic E-state index is 13.7. The Bertz CT molecular complexity index is 400. The van der Waals surface area contributed by atoms with Crippen molar-refractivity contribution in [3.63, 3.8) is 0 Å². The molecule has 0 spiro atoms. The van der Waals surface area contributed by atoms with Crippen molar-refractivity contribution in [1.29, 1.82) is 0 Å². The zero-order valence-corrected chi connectivity index (χ0v) is 11.7. The quantitative estimate of drug-likeness (QED) is 0.556. The fourth-order valence-electron chi connectivity index (χ4n) is 1.34. The number of esters is 1. The predicted molar refractivity (Wildman–Crippen MR) is 57.3 cm³/mol. The van der Waals surface area contributed by atoms with Crippen LogP contribution in [0.1, 0.15) is 20.3 Å². The maximum Gasteiger partial charge on any atom is 0.431 e. The molecule has 0 aromatic heterocycles. The molecule has 0 saturated carbocycles. The normalized spacial score (nSPS) is 16.6. The van der Waals surface area contributed by atoms with Crippen molar-refractivity contribution in [1.82, 2.24) is 0 Å². The van der Waals surface area contributed by atoms with Crippen LogP contribution in [-0.2, 0) is 9.53 Å². The van der Waals surface area contributed by atoms with Gasteiger partial charge >= 0.3 is 18.1 Å². The Morgan fingerprint density at radius 1 is 1.04 bits per heavy atom. The Morgan fingerprint density at radius 2 is 1.43 bits per heavy atom. The van der Waals surface area contributed by atoms with Gasteiger partial charge in [-0.2, -0.15) is 22.0 Å². The number of hydrogen-bond donors (Lipinski definition) is 1. The number of halogens is 9. The fraction of sp³-hybridized carbons (Fsp3) is 0.909. The van der Waals surface area contributed by atoms with Gasteiger partial charge in [-0.3, -0.25) is 4.79 Å². The lowest BCUT2D eigenvalue weighted by atomic mass is 9.91. The second-order valence-electron chi connectivity index (χ2n) is 4.72. The smallest absolute Gasteiger partial charge is 0.431 e. The summed E-state index contributed by atoms with van der Waals surface area (Å²) in [5, 5.41) is 8.79. The largest absolute Gasteiger partial charge is 0.446 e. The van der Waals surface area contributed by atoms with Crippen molar-refractivity contribution < 1.29 is 54.2 Å². The van der Waals surface area contributed by atoms with Gasteiger partial charge in [0.15, 0.2) is 0 Å². The van der Waals surface area contributed by atoms with Crippen molar-refractivity contribution in [3.8, 4) is 0 Å². The molecule has 0 aromatic rings. The van der Waals surface area contributed by atoms with E-state index in [-0.39, 0.29) is 6.42 Å². The minimum atomic E-state index is -6.20. The van der Waals surface area contributed by atoms with Crippen LogP contribution in [0.5, 0.6) is 0 Å². The van der Waals surface area contributed by atoms with Crippen LogP contribution in [0.15, 0.2) is 0 Å². The van der Waals surface area contributed by atoms with Gasteiger partial charge in [0.2, 0.25) is 0 Å². The second-order valence-corrected chi connectivity index (χ2v) is 4.72. The number of carbonyl (C=O) groups excluding carboxylic acids is 1. The van der Waals surface area contributed by atoms with Crippen LogP contribution < -0.4 is 0 Å². The van der Waals surface area contributed by atoms with E-state index in [1.807, 2.05) is 0 Å². The summed E-state index contributed by atoms with van der Waals surface area (Å²) in [4.78, 5) is 11.2. The molecule has 0 bridgehead atoms. The van der Waals surface area contributed by atoms with E-state index in [9.17, 15) is 44.3 Å². The first-order valence-corrected chi connectivity index (χ1v) is 6.07. The Hall–Kier alpha value is -1.20. The minimum Gasteiger partial charge on any atom is -0.446 e. The highest BCUT2D eigenvalue weighted by Crippen LogP contribution is 2.47. The van der Waals surface area contributed by atoms with Crippen molar-refractivity contribution in [2.24, 2.45) is 5.92 Å². The second kappa shape index (κ2) is 7.14. The van der Waals surface area contributed by atoms with Crippen LogP contribution >= 0.6 is 0 Å². The standard InChI is InChI=1S/C11H13F9O3/c1-3-4(2)5(21)23-6(11(18,19)20)10(16,17)9(22,7(12)13)8(14)15/h4,6-8,22H,3H2,1-2H3. The third-order valence-corrected chi connectivity index (χ3v) is 3.07. The highest BCUT2D eigenvalue weighted by atomic mass is 19.4. The molecule has 0 amide bonds. The lowest BCUT2D eigenvalue weighted by Gasteiger charge is -2.38. The van der Waals surface area contributed by atoms with Crippen molar-refractivity contribution >= 4 is 5.97 Å². The van der Waals surface area contributed by atoms with E-state index in [2.05, 4.69) is 4.74 Å². The Kier molecular flexibility index (Phi) is 6.77. The first-order chi connectivity index (χ1) is 10.1. The molecule has 0 saturated heterocycles. The molecule has 23 heavy (non-hydrogen) atoms. The summed E-state index contributed by atoms with van der Waals surface area (Å²) in [6.45, 7) is 2.27. The maximum atomic E-state index is 13.7. The molecule has 2 atom stereocenters. The van der Waals surface area contributed by atoms with E-state index < -0.39 is 48.5 Å². The molecule has 138 valence electrons. The summed E-state index contributed by atoms with van der Waals surface area (Å²) >= 11 is 0. The van der Waals surface area contributed by atoms with Crippen LogP contribution in [0.3, 0.4) is 0 Å². The van der Waals surface area contributed by atoms with E-state index in [0.29, 0.717) is 0 Å². The summed E-state index contributed by atoms with van der Waals surface area (Å²) in [6.07, 6.45) is -20.9. The molecular formula is C11H13F9O3. The zero-order chi connectivity index (χ0) is 18.8. The van der Waals surface area contributed by atoms with E-state index in [0.717, 1.165) is 6.92 Å². The Morgan fingerprint density at radius 3 is 1.70 bits per heavy atom. The van der Waals surface area contributed by atoms with Gasteiger partial charge in [-0.15, -0.1) is 0 Å². The van der Waals surface area contributed by atoms with Crippen LogP contribution in [0, 0.1) is 5.92 Å². The van der Waals surface area contributed by atoms with Gasteiger partial charge in [-0.1, -0.05) is 13.8 Å². The van der Waals surface area contributed by atoms with Gasteiger partial charge < -0.3 is 9.84 Å². The number of ether oxygens (including phenoxy) is 1. The van der Waals surface area contributed by atoms with E-state index in [1.54, 1.807) is 0 Å². The molecule has 0 heterocycles. The van der Waals surface area contributed by atoms with Crippen LogP contribution in [0.25, 0.3) is 0 Å². The molecular weight excluding hydrogens is 351 g/mol. The van der Waals surface area contributed by atoms with Gasteiger partial charge in [-0.25, -0.2) is 17.6 Å². The van der Waals surface area contributed by atoms with Gasteiger partial charge in [-0.05, 0) is 6.42 Å². The molecule has 0 aliphatic rings. The van der Waals surface area contributed by atoms with Crippen molar-refractivity contribution in [3.05, 3.63) is 0 Å². The third kappa shape index (κ3) is 4.21. The zero-order valence-electron chi connectivity index (χ0n) is 11.7. The Labute approximate surface area is 124 Å². The number of rotatable bonds is 7. The molecule has 1 N–H and O–H groups in total. The monoisotopic (exact) mass is 364 g/mol. The summed E-state index contributed by atoms with van der Waals surface area (Å²) in [7, 11) is 0. The van der Waals surface area contributed by atoms with Crippen molar-refractivity contribution in [2.75, 3.05) is 0 Å². The number of hydrogen-bond acceptors (Lipinski definition) is 3. The van der Waals surface area contributed by atoms with Crippen LogP contribution in [-0.4, -0.2) is 47.7 Å². The predicted octanol–water partition coefficient (Wildman–Crippen LogP) is 3.40. The van der Waals surface area contributed by atoms with Crippen LogP contribution in [0.4, 0.5) is 39.5 Å². The highest BCUT2D eigenvalue weighted by Gasteiger charge is 2.75. The highest BCUT2D eigenvalue weighted by molar-refractivity contribution is 5.72. The van der Waals surface area contributed by atoms with E-state index in [1.165, 1.54) is 6.92 Å². The molecule has 0 aliphatic heterocycles. The topological polar surface area (TPSA) is 46.5 Å². The summed E-state index contributed by atoms with van der Waals surface area (Å²) in [5.74, 6) is -9.39. The summed E-state index contributed by atoms with van der Waals surface area (Å²) in [6, 6.07) is 0. The molecule has 0 rings (SSSR count). The number of aliphatic hydroxyl groups is 1. The average molecular weight is 364 g/mol. The van der Waals surface area contributed by atoms with E-state index in [4.69, 9.17) is 5.11 Å². The first kappa shape index (κ1) is 21.8. The van der Waals surface area contributed by atoms with Crippen LogP contribution in [0.2, 0.25) is 0 Å². The number of carbonyl (C=O) groups is 1. The lowest BCUT2D eigenvalue weighted by Crippen LogP contribution is -2.67. The van der Waals surface area contributed by atoms with Crippen molar-refractivity contribution in [2.45, 2.75) is 56.9 Å². The van der Waals surface area contributed by atoms with E-state index >= 15 is 0 Å². The number of alkyl halides is 9. The fourth-order valence-corrected chi connectivity index (χ4v) is 1.34. The third-order valence-electron chi connectivity index (χ3n) is 3.07. The molecule has 0 aliphatic carbocycles. The summed E-state index contributed by atoms with van der Waals surface area (Å²) in [5.41, 5.74) is -5.65. The Balaban J connectivity index is 5.93. The molecule has 3 nitrogen and oxygen atoms in total. The van der Waals surface area contributed by atoms with Gasteiger partial charge in [0.1, 0.15) is 0 Å². The SMILES string of the molecule is CCC(C)C(=O)OC(C(F)(F)F)C(F)(F)C(O)(C(F)F)C(F)F. The lowest BCUT2D eigenvalue weighted by molar-refractivity contribution is -0.355. The minimum absolute atomic E-state index is 0.150. The molecule has 12 heteroatoms. The molecule has 2 unspecified atom stereocenters. The van der Waals surface area contributed by atoms with Gasteiger partial charge in [0.25, 0.3) is 24.6 Å². The average Bonchev–Trinajstić information content (AvgIpc) is 2.40. The van der Waals surface area contributed by atoms with Gasteiger partial charge in [0, 0.05) is 0 Å². The molecule has 0 fully saturated rings. The first-order valence-electron chi connectivity index (χ1n) is 6.07. The molecule has 0 aromatic carbocycles. The summed E-state index contributed by atoms with van der Waals surface area (Å²) < 4.78 is 118. The molecule has 0 radical (unpaired) electrons.